The molecular formula is C13H20N4O3S2. The molecule has 122 valence electrons. The van der Waals surface area contributed by atoms with E-state index >= 15 is 0 Å². The minimum atomic E-state index is -0.432. The van der Waals surface area contributed by atoms with Gasteiger partial charge in [-0.15, -0.1) is 0 Å². The number of nitrogens with zero attached hydrogens (tertiary/aromatic N) is 2. The number of hydrogen-bond acceptors (Lipinski definition) is 7. The summed E-state index contributed by atoms with van der Waals surface area (Å²) in [6, 6.07) is -0.771. The van der Waals surface area contributed by atoms with Crippen molar-refractivity contribution >= 4 is 45.0 Å². The molecular weight excluding hydrogens is 324 g/mol. The van der Waals surface area contributed by atoms with Gasteiger partial charge in [-0.1, -0.05) is 21.6 Å². The molecule has 22 heavy (non-hydrogen) atoms. The Hall–Kier alpha value is -1.22. The molecule has 2 aliphatic rings. The van der Waals surface area contributed by atoms with Gasteiger partial charge in [-0.2, -0.15) is 0 Å². The molecule has 2 N–H and O–H groups in total. The SMILES string of the molecule is CCOC1=N[C@H](CSSC[C@@H]2N=C(C)CNC2=O)C(=O)NC1. The lowest BCUT2D eigenvalue weighted by atomic mass is 10.2. The van der Waals surface area contributed by atoms with E-state index in [9.17, 15) is 9.59 Å². The maximum absolute atomic E-state index is 11.8. The molecule has 0 aliphatic carbocycles. The summed E-state index contributed by atoms with van der Waals surface area (Å²) in [5.41, 5.74) is 0.938. The fraction of sp³-hybridized carbons (Fsp3) is 0.692. The third-order valence-corrected chi connectivity index (χ3v) is 5.45. The van der Waals surface area contributed by atoms with Gasteiger partial charge in [0.05, 0.1) is 19.7 Å². The molecule has 2 aliphatic heterocycles. The van der Waals surface area contributed by atoms with Crippen LogP contribution in [-0.4, -0.2) is 66.7 Å². The number of carbonyl (C=O) groups is 2. The Morgan fingerprint density at radius 1 is 1.09 bits per heavy atom. The summed E-state index contributed by atoms with van der Waals surface area (Å²) in [6.07, 6.45) is 0. The van der Waals surface area contributed by atoms with E-state index in [2.05, 4.69) is 20.6 Å². The second-order valence-electron chi connectivity index (χ2n) is 4.86. The Morgan fingerprint density at radius 2 is 1.68 bits per heavy atom. The maximum atomic E-state index is 11.8. The molecule has 2 rings (SSSR count). The quantitative estimate of drug-likeness (QED) is 0.533. The molecule has 0 aromatic carbocycles. The zero-order valence-electron chi connectivity index (χ0n) is 12.6. The lowest BCUT2D eigenvalue weighted by molar-refractivity contribution is -0.122. The molecule has 9 heteroatoms. The highest BCUT2D eigenvalue weighted by molar-refractivity contribution is 8.76. The van der Waals surface area contributed by atoms with Crippen molar-refractivity contribution in [1.29, 1.82) is 0 Å². The third-order valence-electron chi connectivity index (χ3n) is 3.06. The van der Waals surface area contributed by atoms with Crippen LogP contribution in [0.25, 0.3) is 0 Å². The molecule has 0 radical (unpaired) electrons. The van der Waals surface area contributed by atoms with Gasteiger partial charge in [-0.05, 0) is 13.8 Å². The first-order valence-corrected chi connectivity index (χ1v) is 9.61. The van der Waals surface area contributed by atoms with Crippen molar-refractivity contribution in [2.45, 2.75) is 25.9 Å². The zero-order valence-corrected chi connectivity index (χ0v) is 14.3. The monoisotopic (exact) mass is 344 g/mol. The molecule has 0 spiro atoms. The van der Waals surface area contributed by atoms with E-state index in [1.807, 2.05) is 13.8 Å². The summed E-state index contributed by atoms with van der Waals surface area (Å²) in [7, 11) is 3.06. The molecule has 7 nitrogen and oxygen atoms in total. The summed E-state index contributed by atoms with van der Waals surface area (Å²) < 4.78 is 5.34. The topological polar surface area (TPSA) is 92.2 Å². The second-order valence-corrected chi connectivity index (χ2v) is 7.41. The smallest absolute Gasteiger partial charge is 0.246 e. The van der Waals surface area contributed by atoms with Gasteiger partial charge in [-0.3, -0.25) is 14.6 Å². The molecule has 0 unspecified atom stereocenters. The lowest BCUT2D eigenvalue weighted by Gasteiger charge is -2.21. The number of carbonyl (C=O) groups excluding carboxylic acids is 2. The number of aliphatic imine (C=N–C) groups is 2. The number of rotatable bonds is 6. The van der Waals surface area contributed by atoms with Crippen LogP contribution in [0.5, 0.6) is 0 Å². The second kappa shape index (κ2) is 8.42. The summed E-state index contributed by atoms with van der Waals surface area (Å²) in [5.74, 6) is 1.59. The zero-order chi connectivity index (χ0) is 15.9. The molecule has 0 saturated heterocycles. The van der Waals surface area contributed by atoms with E-state index in [-0.39, 0.29) is 17.9 Å². The van der Waals surface area contributed by atoms with Crippen LogP contribution in [0.15, 0.2) is 9.98 Å². The summed E-state index contributed by atoms with van der Waals surface area (Å²) in [6.45, 7) is 5.22. The molecule has 0 aromatic heterocycles. The van der Waals surface area contributed by atoms with E-state index in [0.29, 0.717) is 37.1 Å². The first-order valence-electron chi connectivity index (χ1n) is 7.12. The molecule has 0 saturated carbocycles. The lowest BCUT2D eigenvalue weighted by Crippen LogP contribution is -2.44. The van der Waals surface area contributed by atoms with Crippen LogP contribution in [0.1, 0.15) is 13.8 Å². The van der Waals surface area contributed by atoms with Gasteiger partial charge in [0.1, 0.15) is 12.1 Å². The average Bonchev–Trinajstić information content (AvgIpc) is 2.50. The number of hydrogen-bond donors (Lipinski definition) is 2. The Bertz CT molecular complexity index is 496. The fourth-order valence-electron chi connectivity index (χ4n) is 1.97. The van der Waals surface area contributed by atoms with E-state index in [1.54, 1.807) is 0 Å². The van der Waals surface area contributed by atoms with Crippen molar-refractivity contribution < 1.29 is 14.3 Å². The van der Waals surface area contributed by atoms with Crippen LogP contribution in [0.3, 0.4) is 0 Å². The molecule has 0 aromatic rings. The standard InChI is InChI=1S/C13H20N4O3S2/c1-3-20-11-5-15-13(19)10(17-11)7-22-21-6-9-12(18)14-4-8(2)16-9/h9-10H,3-7H2,1-2H3,(H,14,18)(H,15,19)/t9-,10+/m0/s1. The highest BCUT2D eigenvalue weighted by Gasteiger charge is 2.25. The van der Waals surface area contributed by atoms with Gasteiger partial charge in [0.2, 0.25) is 17.7 Å². The first kappa shape index (κ1) is 17.1. The number of amides is 2. The Morgan fingerprint density at radius 3 is 2.32 bits per heavy atom. The number of nitrogens with one attached hydrogen (secondary N) is 2. The minimum Gasteiger partial charge on any atom is -0.480 e. The van der Waals surface area contributed by atoms with Crippen LogP contribution in [0.2, 0.25) is 0 Å². The van der Waals surface area contributed by atoms with Gasteiger partial charge in [-0.25, -0.2) is 4.99 Å². The molecule has 0 fully saturated rings. The van der Waals surface area contributed by atoms with Gasteiger partial charge in [0.25, 0.3) is 0 Å². The molecule has 2 atom stereocenters. The fourth-order valence-corrected chi connectivity index (χ4v) is 4.22. The van der Waals surface area contributed by atoms with Crippen LogP contribution in [0, 0.1) is 0 Å². The van der Waals surface area contributed by atoms with Crippen molar-refractivity contribution in [3.05, 3.63) is 0 Å². The van der Waals surface area contributed by atoms with E-state index in [0.717, 1.165) is 5.71 Å². The minimum absolute atomic E-state index is 0.0363. The van der Waals surface area contributed by atoms with E-state index in [4.69, 9.17) is 4.74 Å². The van der Waals surface area contributed by atoms with Crippen LogP contribution in [-0.2, 0) is 14.3 Å². The van der Waals surface area contributed by atoms with Gasteiger partial charge in [0, 0.05) is 17.2 Å². The third kappa shape index (κ3) is 4.91. The van der Waals surface area contributed by atoms with Crippen molar-refractivity contribution in [1.82, 2.24) is 10.6 Å². The Kier molecular flexibility index (Phi) is 6.56. The van der Waals surface area contributed by atoms with Crippen molar-refractivity contribution in [3.8, 4) is 0 Å². The summed E-state index contributed by atoms with van der Waals surface area (Å²) >= 11 is 0. The van der Waals surface area contributed by atoms with E-state index in [1.165, 1.54) is 21.6 Å². The average molecular weight is 344 g/mol. The van der Waals surface area contributed by atoms with E-state index < -0.39 is 6.04 Å². The van der Waals surface area contributed by atoms with Gasteiger partial charge in [0.15, 0.2) is 0 Å². The molecule has 2 heterocycles. The number of ether oxygens (including phenoxy) is 1. The highest BCUT2D eigenvalue weighted by atomic mass is 33.1. The van der Waals surface area contributed by atoms with Crippen molar-refractivity contribution in [2.75, 3.05) is 31.2 Å². The van der Waals surface area contributed by atoms with Crippen molar-refractivity contribution in [3.63, 3.8) is 0 Å². The largest absolute Gasteiger partial charge is 0.480 e. The van der Waals surface area contributed by atoms with Crippen molar-refractivity contribution in [2.24, 2.45) is 9.98 Å². The van der Waals surface area contributed by atoms with Crippen LogP contribution in [0.4, 0.5) is 0 Å². The van der Waals surface area contributed by atoms with Gasteiger partial charge < -0.3 is 15.4 Å². The Balaban J connectivity index is 1.76. The van der Waals surface area contributed by atoms with Crippen LogP contribution >= 0.6 is 21.6 Å². The first-order chi connectivity index (χ1) is 10.6. The summed E-state index contributed by atoms with van der Waals surface area (Å²) in [4.78, 5) is 32.1. The predicted molar refractivity (Wildman–Crippen MR) is 90.7 cm³/mol. The molecule has 2 amide bonds. The normalized spacial score (nSPS) is 25.0. The predicted octanol–water partition coefficient (Wildman–Crippen LogP) is 0.261. The highest BCUT2D eigenvalue weighted by Crippen LogP contribution is 2.25. The maximum Gasteiger partial charge on any atom is 0.246 e. The molecule has 0 bridgehead atoms. The van der Waals surface area contributed by atoms with Gasteiger partial charge >= 0.3 is 0 Å². The van der Waals surface area contributed by atoms with Crippen LogP contribution < -0.4 is 10.6 Å². The summed E-state index contributed by atoms with van der Waals surface area (Å²) in [5, 5.41) is 5.57. The Labute approximate surface area is 137 Å².